The Hall–Kier alpha value is -2.32. The summed E-state index contributed by atoms with van der Waals surface area (Å²) >= 11 is 0. The number of rotatable bonds is 5. The van der Waals surface area contributed by atoms with Gasteiger partial charge in [-0.05, 0) is 64.5 Å². The summed E-state index contributed by atoms with van der Waals surface area (Å²) in [6, 6.07) is 10.4. The molecule has 0 atom stereocenters. The molecule has 1 aliphatic rings. The normalized spacial score (nSPS) is 16.4. The van der Waals surface area contributed by atoms with E-state index in [1.165, 1.54) is 0 Å². The zero-order valence-electron chi connectivity index (χ0n) is 15.7. The molecule has 0 unspecified atom stereocenters. The predicted octanol–water partition coefficient (Wildman–Crippen LogP) is 2.78. The molecule has 5 nitrogen and oxygen atoms in total. The van der Waals surface area contributed by atoms with Crippen LogP contribution in [-0.2, 0) is 4.79 Å². The van der Waals surface area contributed by atoms with E-state index in [0.717, 1.165) is 37.2 Å². The van der Waals surface area contributed by atoms with Gasteiger partial charge in [-0.3, -0.25) is 4.79 Å². The molecule has 0 saturated carbocycles. The number of aryl methyl sites for hydroxylation is 1. The highest BCUT2D eigenvalue weighted by atomic mass is 16.2. The lowest BCUT2D eigenvalue weighted by atomic mass is 10.0. The Kier molecular flexibility index (Phi) is 6.60. The Morgan fingerprint density at radius 1 is 1.40 bits per heavy atom. The number of piperidine rings is 1. The van der Waals surface area contributed by atoms with Crippen molar-refractivity contribution in [3.05, 3.63) is 41.6 Å². The number of benzene rings is 1. The summed E-state index contributed by atoms with van der Waals surface area (Å²) in [7, 11) is 3.91. The van der Waals surface area contributed by atoms with Gasteiger partial charge >= 0.3 is 0 Å². The molecule has 0 bridgehead atoms. The van der Waals surface area contributed by atoms with E-state index < -0.39 is 0 Å². The number of carbonyl (C=O) groups excluding carboxylic acids is 1. The molecule has 134 valence electrons. The molecule has 1 heterocycles. The Morgan fingerprint density at radius 2 is 2.08 bits per heavy atom. The van der Waals surface area contributed by atoms with E-state index in [4.69, 9.17) is 0 Å². The highest BCUT2D eigenvalue weighted by molar-refractivity contribution is 5.97. The summed E-state index contributed by atoms with van der Waals surface area (Å²) in [6.45, 7) is 6.71. The second kappa shape index (κ2) is 8.68. The van der Waals surface area contributed by atoms with E-state index in [2.05, 4.69) is 24.1 Å². The maximum atomic E-state index is 12.8. The number of hydrogen-bond donors (Lipinski definition) is 0. The van der Waals surface area contributed by atoms with Gasteiger partial charge in [-0.1, -0.05) is 12.1 Å². The Bertz CT molecular complexity index is 669. The van der Waals surface area contributed by atoms with Crippen LogP contribution in [0.5, 0.6) is 0 Å². The molecule has 1 aliphatic heterocycles. The molecule has 5 heteroatoms. The Balaban J connectivity index is 2.17. The highest BCUT2D eigenvalue weighted by Crippen LogP contribution is 2.19. The average molecular weight is 340 g/mol. The van der Waals surface area contributed by atoms with Crippen LogP contribution in [0.4, 0.5) is 5.69 Å². The largest absolute Gasteiger partial charge is 0.347 e. The summed E-state index contributed by atoms with van der Waals surface area (Å²) in [5.41, 5.74) is 2.33. The van der Waals surface area contributed by atoms with Gasteiger partial charge in [0.25, 0.3) is 5.91 Å². The van der Waals surface area contributed by atoms with Crippen LogP contribution in [0.2, 0.25) is 0 Å². The number of amides is 1. The number of anilines is 1. The molecule has 0 aliphatic carbocycles. The van der Waals surface area contributed by atoms with Crippen LogP contribution in [0, 0.1) is 18.3 Å². The van der Waals surface area contributed by atoms with Crippen LogP contribution in [0.1, 0.15) is 25.3 Å². The van der Waals surface area contributed by atoms with E-state index in [9.17, 15) is 10.1 Å². The third kappa shape index (κ3) is 4.83. The molecular weight excluding hydrogens is 312 g/mol. The molecule has 1 aromatic carbocycles. The zero-order valence-corrected chi connectivity index (χ0v) is 15.7. The molecule has 1 saturated heterocycles. The molecule has 0 radical (unpaired) electrons. The second-order valence-corrected chi connectivity index (χ2v) is 6.73. The summed E-state index contributed by atoms with van der Waals surface area (Å²) in [6.07, 6.45) is 3.59. The minimum atomic E-state index is -0.192. The van der Waals surface area contributed by atoms with Crippen molar-refractivity contribution in [3.63, 3.8) is 0 Å². The number of nitrogens with zero attached hydrogens (tertiary/aromatic N) is 4. The van der Waals surface area contributed by atoms with Gasteiger partial charge < -0.3 is 14.7 Å². The van der Waals surface area contributed by atoms with Crippen LogP contribution in [0.25, 0.3) is 0 Å². The van der Waals surface area contributed by atoms with E-state index >= 15 is 0 Å². The Labute approximate surface area is 151 Å². The summed E-state index contributed by atoms with van der Waals surface area (Å²) in [5.74, 6) is -0.192. The van der Waals surface area contributed by atoms with E-state index in [-0.39, 0.29) is 17.5 Å². The van der Waals surface area contributed by atoms with Gasteiger partial charge in [0.1, 0.15) is 11.6 Å². The molecule has 25 heavy (non-hydrogen) atoms. The molecular formula is C20H28N4O. The summed E-state index contributed by atoms with van der Waals surface area (Å²) in [5, 5.41) is 9.53. The minimum absolute atomic E-state index is 0.185. The first kappa shape index (κ1) is 19.0. The van der Waals surface area contributed by atoms with Crippen molar-refractivity contribution in [3.8, 4) is 6.07 Å². The van der Waals surface area contributed by atoms with Gasteiger partial charge in [-0.25, -0.2) is 0 Å². The number of likely N-dealkylation sites (N-methyl/N-ethyl adjacent to an activating group) is 1. The van der Waals surface area contributed by atoms with Gasteiger partial charge in [-0.15, -0.1) is 0 Å². The van der Waals surface area contributed by atoms with Crippen molar-refractivity contribution in [1.29, 1.82) is 5.26 Å². The van der Waals surface area contributed by atoms with Gasteiger partial charge in [0, 0.05) is 31.5 Å². The molecule has 1 amide bonds. The average Bonchev–Trinajstić information content (AvgIpc) is 2.62. The fourth-order valence-corrected chi connectivity index (χ4v) is 3.18. The standard InChI is InChI=1S/C20H28N4O/c1-5-24(19-8-6-7-16(2)13-19)15-17(14-21)20(25)23(4)18-9-11-22(3)12-10-18/h6-8,13,15,18H,5,9-12H2,1-4H3/b17-15-. The third-order valence-corrected chi connectivity index (χ3v) is 4.87. The van der Waals surface area contributed by atoms with E-state index in [0.29, 0.717) is 6.54 Å². The zero-order chi connectivity index (χ0) is 18.4. The third-order valence-electron chi connectivity index (χ3n) is 4.87. The summed E-state index contributed by atoms with van der Waals surface area (Å²) < 4.78 is 0. The smallest absolute Gasteiger partial charge is 0.266 e. The fraction of sp³-hybridized carbons (Fsp3) is 0.500. The monoisotopic (exact) mass is 340 g/mol. The van der Waals surface area contributed by atoms with E-state index in [1.807, 2.05) is 44.0 Å². The van der Waals surface area contributed by atoms with Crippen molar-refractivity contribution < 1.29 is 4.79 Å². The molecule has 1 fully saturated rings. The molecule has 2 rings (SSSR count). The van der Waals surface area contributed by atoms with Gasteiger partial charge in [0.15, 0.2) is 0 Å². The van der Waals surface area contributed by atoms with Gasteiger partial charge in [-0.2, -0.15) is 5.26 Å². The Morgan fingerprint density at radius 3 is 2.64 bits per heavy atom. The summed E-state index contributed by atoms with van der Waals surface area (Å²) in [4.78, 5) is 18.8. The number of hydrogen-bond acceptors (Lipinski definition) is 4. The van der Waals surface area contributed by atoms with Crippen LogP contribution in [0.15, 0.2) is 36.0 Å². The minimum Gasteiger partial charge on any atom is -0.347 e. The number of nitriles is 1. The first-order valence-electron chi connectivity index (χ1n) is 8.87. The lowest BCUT2D eigenvalue weighted by Gasteiger charge is -2.35. The topological polar surface area (TPSA) is 50.6 Å². The lowest BCUT2D eigenvalue weighted by molar-refractivity contribution is -0.128. The molecule has 0 N–H and O–H groups in total. The van der Waals surface area contributed by atoms with Gasteiger partial charge in [0.2, 0.25) is 0 Å². The van der Waals surface area contributed by atoms with Crippen LogP contribution < -0.4 is 4.90 Å². The number of carbonyl (C=O) groups is 1. The lowest BCUT2D eigenvalue weighted by Crippen LogP contribution is -2.45. The van der Waals surface area contributed by atoms with E-state index in [1.54, 1.807) is 11.1 Å². The molecule has 0 aromatic heterocycles. The van der Waals surface area contributed by atoms with Gasteiger partial charge in [0.05, 0.1) is 0 Å². The van der Waals surface area contributed by atoms with Crippen LogP contribution in [-0.4, -0.2) is 55.5 Å². The SMILES string of the molecule is CCN(/C=C(/C#N)C(=O)N(C)C1CCN(C)CC1)c1cccc(C)c1. The molecule has 0 spiro atoms. The van der Waals surface area contributed by atoms with Crippen molar-refractivity contribution in [2.24, 2.45) is 0 Å². The maximum Gasteiger partial charge on any atom is 0.266 e. The highest BCUT2D eigenvalue weighted by Gasteiger charge is 2.26. The van der Waals surface area contributed by atoms with Crippen molar-refractivity contribution in [1.82, 2.24) is 9.80 Å². The van der Waals surface area contributed by atoms with Crippen LogP contribution in [0.3, 0.4) is 0 Å². The van der Waals surface area contributed by atoms with Crippen molar-refractivity contribution in [2.75, 3.05) is 38.6 Å². The molecule has 1 aromatic rings. The van der Waals surface area contributed by atoms with Crippen molar-refractivity contribution in [2.45, 2.75) is 32.7 Å². The maximum absolute atomic E-state index is 12.8. The first-order valence-corrected chi connectivity index (χ1v) is 8.87. The van der Waals surface area contributed by atoms with Crippen LogP contribution >= 0.6 is 0 Å². The number of likely N-dealkylation sites (tertiary alicyclic amines) is 1. The van der Waals surface area contributed by atoms with Crippen molar-refractivity contribution >= 4 is 11.6 Å². The fourth-order valence-electron chi connectivity index (χ4n) is 3.18. The predicted molar refractivity (Wildman–Crippen MR) is 101 cm³/mol. The first-order chi connectivity index (χ1) is 12.0. The second-order valence-electron chi connectivity index (χ2n) is 6.73. The quantitative estimate of drug-likeness (QED) is 0.611.